The van der Waals surface area contributed by atoms with E-state index in [9.17, 15) is 74.7 Å². The average molecular weight is 831 g/mol. The van der Waals surface area contributed by atoms with Crippen LogP contribution in [0.2, 0.25) is 0 Å². The Morgan fingerprint density at radius 1 is 0.447 bits per heavy atom. The van der Waals surface area contributed by atoms with E-state index in [1.165, 1.54) is 41.5 Å². The summed E-state index contributed by atoms with van der Waals surface area (Å²) in [5.41, 5.74) is -10.4. The monoisotopic (exact) mass is 832 g/mol. The second-order valence-corrected chi connectivity index (χ2v) is 10.6. The summed E-state index contributed by atoms with van der Waals surface area (Å²) in [5, 5.41) is 89.9. The first kappa shape index (κ1) is 39.5. The molecule has 0 bridgehead atoms. The molecule has 3 aliphatic rings. The van der Waals surface area contributed by atoms with Gasteiger partial charge in [0.1, 0.15) is 16.8 Å². The van der Waals surface area contributed by atoms with Crippen LogP contribution in [0.4, 0.5) is 0 Å². The summed E-state index contributed by atoms with van der Waals surface area (Å²) in [6.07, 6.45) is 0. The van der Waals surface area contributed by atoms with E-state index in [4.69, 9.17) is 0 Å². The van der Waals surface area contributed by atoms with Gasteiger partial charge >= 0.3 is 79.9 Å². The van der Waals surface area contributed by atoms with Gasteiger partial charge in [-0.3, -0.25) is 0 Å². The normalized spacial score (nSPS) is 35.4. The third-order valence-electron chi connectivity index (χ3n) is 7.76. The van der Waals surface area contributed by atoms with Gasteiger partial charge in [0, 0.05) is 51.9 Å². The predicted octanol–water partition coefficient (Wildman–Crippen LogP) is -9.38. The molecule has 3 saturated carbocycles. The molecule has 17 heteroatoms. The number of carboxylic acids is 6. The van der Waals surface area contributed by atoms with E-state index in [1.54, 1.807) is 0 Å². The fourth-order valence-corrected chi connectivity index (χ4v) is 4.76. The summed E-state index contributed by atoms with van der Waals surface area (Å²) in [6.45, 7) is 8.02. The molecule has 0 aromatic carbocycles. The van der Waals surface area contributed by atoms with Crippen molar-refractivity contribution in [2.24, 2.45) is 34.0 Å². The number of aliphatic carboxylic acids is 6. The van der Waals surface area contributed by atoms with Gasteiger partial charge in [-0.1, -0.05) is 41.5 Å². The van der Waals surface area contributed by atoms with Crippen LogP contribution in [0.3, 0.4) is 0 Å². The molecule has 0 aliphatic heterocycles. The molecule has 6 unspecified atom stereocenters. The van der Waals surface area contributed by atoms with Crippen LogP contribution in [0.5, 0.6) is 0 Å². The van der Waals surface area contributed by atoms with Gasteiger partial charge in [-0.15, -0.1) is 0 Å². The Kier molecular flexibility index (Phi) is 12.1. The average Bonchev–Trinajstić information content (AvgIpc) is 3.47. The van der Waals surface area contributed by atoms with E-state index in [1.807, 2.05) is 0 Å². The summed E-state index contributed by atoms with van der Waals surface area (Å²) in [6, 6.07) is 0. The molecule has 214 valence electrons. The van der Waals surface area contributed by atoms with Crippen molar-refractivity contribution in [1.29, 1.82) is 0 Å². The molecule has 2 radical (unpaired) electrons. The number of hydrogen-bond acceptors (Lipinski definition) is 15. The zero-order chi connectivity index (χ0) is 29.2. The minimum absolute atomic E-state index is 0. The van der Waals surface area contributed by atoms with Crippen molar-refractivity contribution in [2.45, 2.75) is 58.3 Å². The summed E-state index contributed by atoms with van der Waals surface area (Å²) < 4.78 is 0. The van der Waals surface area contributed by atoms with Gasteiger partial charge in [-0.2, -0.15) is 0 Å². The minimum atomic E-state index is -2.27. The molecule has 3 rings (SSSR count). The van der Waals surface area contributed by atoms with Crippen LogP contribution >= 0.6 is 0 Å². The standard InChI is InChI=1S/3C7H10O5.2Gd/c3*1-6(2)3(4(8)9)7(6,12)5(10)11;;/h3*3,12H,1-2H3,(H,8,9)(H,10,11);;/q;;;2*+3/p-6. The van der Waals surface area contributed by atoms with E-state index in [0.29, 0.717) is 0 Å². The smallest absolute Gasteiger partial charge is 0.550 e. The fourth-order valence-electron chi connectivity index (χ4n) is 4.76. The van der Waals surface area contributed by atoms with Gasteiger partial charge in [-0.05, 0) is 0 Å². The van der Waals surface area contributed by atoms with Crippen molar-refractivity contribution in [3.8, 4) is 0 Å². The third kappa shape index (κ3) is 5.59. The van der Waals surface area contributed by atoms with E-state index < -0.39 is 86.6 Å². The maximum atomic E-state index is 10.4. The molecule has 38 heavy (non-hydrogen) atoms. The Labute approximate surface area is 280 Å². The predicted molar refractivity (Wildman–Crippen MR) is 96.7 cm³/mol. The van der Waals surface area contributed by atoms with Gasteiger partial charge < -0.3 is 74.7 Å². The van der Waals surface area contributed by atoms with Crippen LogP contribution in [-0.4, -0.2) is 67.9 Å². The Hall–Kier alpha value is -0.651. The second-order valence-electron chi connectivity index (χ2n) is 10.6. The number of carboxylic acid groups (broad SMARTS) is 6. The van der Waals surface area contributed by atoms with Crippen LogP contribution in [0.25, 0.3) is 0 Å². The van der Waals surface area contributed by atoms with Gasteiger partial charge in [0.05, 0.1) is 17.9 Å². The van der Waals surface area contributed by atoms with E-state index in [-0.39, 0.29) is 79.9 Å². The molecular formula is C21H24Gd2O15. The number of carbonyl (C=O) groups excluding carboxylic acids is 6. The molecule has 0 spiro atoms. The summed E-state index contributed by atoms with van der Waals surface area (Å²) in [7, 11) is 0. The molecule has 3 fully saturated rings. The third-order valence-corrected chi connectivity index (χ3v) is 7.76. The van der Waals surface area contributed by atoms with E-state index in [2.05, 4.69) is 0 Å². The van der Waals surface area contributed by atoms with Gasteiger partial charge in [-0.25, -0.2) is 0 Å². The number of aliphatic hydroxyl groups is 3. The number of rotatable bonds is 6. The van der Waals surface area contributed by atoms with Crippen molar-refractivity contribution in [3.63, 3.8) is 0 Å². The number of carbonyl (C=O) groups is 6. The fraction of sp³-hybridized carbons (Fsp3) is 0.714. The molecule has 3 N–H and O–H groups in total. The zero-order valence-corrected chi connectivity index (χ0v) is 25.2. The molecule has 3 aliphatic carbocycles. The minimum Gasteiger partial charge on any atom is -0.550 e. The first-order valence-corrected chi connectivity index (χ1v) is 10.2. The SMILES string of the molecule is CC1(C)C(C(=O)[O-])C1(O)C(=O)[O-].CC1(C)C(C(=O)[O-])C1(O)C(=O)[O-].CC1(C)C(C(=O)[O-])C1(O)C(=O)[O-].[Gd+3].[Gd+3]. The molecule has 15 nitrogen and oxygen atoms in total. The van der Waals surface area contributed by atoms with Crippen molar-refractivity contribution < 1.29 is 155 Å². The Morgan fingerprint density at radius 3 is 0.605 bits per heavy atom. The van der Waals surface area contributed by atoms with Gasteiger partial charge in [0.15, 0.2) is 0 Å². The van der Waals surface area contributed by atoms with E-state index >= 15 is 0 Å². The molecule has 0 heterocycles. The summed E-state index contributed by atoms with van der Waals surface area (Å²) in [4.78, 5) is 62.1. The Morgan fingerprint density at radius 2 is 0.579 bits per heavy atom. The first-order valence-electron chi connectivity index (χ1n) is 10.2. The number of hydrogen-bond donors (Lipinski definition) is 3. The van der Waals surface area contributed by atoms with Crippen molar-refractivity contribution >= 4 is 35.8 Å². The topological polar surface area (TPSA) is 301 Å². The first-order chi connectivity index (χ1) is 15.8. The molecule has 0 aromatic rings. The van der Waals surface area contributed by atoms with Crippen LogP contribution in [-0.2, 0) is 28.8 Å². The molecular weight excluding hydrogens is 807 g/mol. The van der Waals surface area contributed by atoms with Gasteiger partial charge in [0.25, 0.3) is 0 Å². The maximum absolute atomic E-state index is 10.4. The maximum Gasteiger partial charge on any atom is 3.00 e. The Balaban J connectivity index is 0. The summed E-state index contributed by atoms with van der Waals surface area (Å²) in [5.74, 6) is -14.1. The zero-order valence-electron chi connectivity index (χ0n) is 20.7. The molecule has 6 atom stereocenters. The van der Waals surface area contributed by atoms with Crippen LogP contribution < -0.4 is 30.6 Å². The largest absolute Gasteiger partial charge is 3.00 e. The summed E-state index contributed by atoms with van der Waals surface area (Å²) >= 11 is 0. The van der Waals surface area contributed by atoms with Crippen LogP contribution in [0.15, 0.2) is 0 Å². The Bertz CT molecular complexity index is 909. The van der Waals surface area contributed by atoms with E-state index in [0.717, 1.165) is 0 Å². The quantitative estimate of drug-likeness (QED) is 0.224. The second kappa shape index (κ2) is 11.7. The van der Waals surface area contributed by atoms with Crippen molar-refractivity contribution in [2.75, 3.05) is 0 Å². The molecule has 0 saturated heterocycles. The van der Waals surface area contributed by atoms with Crippen LogP contribution in [0, 0.1) is 114 Å². The van der Waals surface area contributed by atoms with Crippen LogP contribution in [0.1, 0.15) is 41.5 Å². The van der Waals surface area contributed by atoms with Crippen molar-refractivity contribution in [3.05, 3.63) is 0 Å². The van der Waals surface area contributed by atoms with Gasteiger partial charge in [0.2, 0.25) is 0 Å². The van der Waals surface area contributed by atoms with Crippen molar-refractivity contribution in [1.82, 2.24) is 0 Å². The molecule has 0 aromatic heterocycles. The molecule has 0 amide bonds.